The van der Waals surface area contributed by atoms with E-state index in [1.807, 2.05) is 30.3 Å². The lowest BCUT2D eigenvalue weighted by atomic mass is 10.0. The Morgan fingerprint density at radius 1 is 1.19 bits per heavy atom. The zero-order valence-corrected chi connectivity index (χ0v) is 11.7. The van der Waals surface area contributed by atoms with E-state index >= 15 is 0 Å². The Kier molecular flexibility index (Phi) is 4.90. The fourth-order valence-corrected chi connectivity index (χ4v) is 1.96. The van der Waals surface area contributed by atoms with Gasteiger partial charge in [0, 0.05) is 24.1 Å². The highest BCUT2D eigenvalue weighted by Crippen LogP contribution is 2.26. The van der Waals surface area contributed by atoms with Crippen LogP contribution >= 0.6 is 11.6 Å². The first-order chi connectivity index (χ1) is 10.1. The largest absolute Gasteiger partial charge is 0.484 e. The molecule has 0 saturated heterocycles. The number of ether oxygens (including phenoxy) is 1. The fourth-order valence-electron chi connectivity index (χ4n) is 1.91. The van der Waals surface area contributed by atoms with Crippen molar-refractivity contribution in [1.29, 1.82) is 0 Å². The summed E-state index contributed by atoms with van der Waals surface area (Å²) in [6, 6.07) is 13.7. The van der Waals surface area contributed by atoms with E-state index in [1.54, 1.807) is 0 Å². The smallest absolute Gasteiger partial charge is 0.269 e. The van der Waals surface area contributed by atoms with Gasteiger partial charge in [-0.05, 0) is 23.2 Å². The van der Waals surface area contributed by atoms with E-state index in [1.165, 1.54) is 18.2 Å². The zero-order valence-electron chi connectivity index (χ0n) is 11.0. The van der Waals surface area contributed by atoms with Crippen molar-refractivity contribution in [3.8, 4) is 5.75 Å². The Morgan fingerprint density at radius 3 is 2.52 bits per heavy atom. The van der Waals surface area contributed by atoms with Crippen LogP contribution in [0.15, 0.2) is 48.5 Å². The van der Waals surface area contributed by atoms with Gasteiger partial charge in [0.1, 0.15) is 5.75 Å². The average molecular weight is 306 g/mol. The van der Waals surface area contributed by atoms with Crippen molar-refractivity contribution >= 4 is 22.5 Å². The van der Waals surface area contributed by atoms with Crippen molar-refractivity contribution < 1.29 is 14.5 Å². The summed E-state index contributed by atoms with van der Waals surface area (Å²) < 4.78 is 5.30. The number of hydrogen-bond acceptors (Lipinski definition) is 4. The quantitative estimate of drug-likeness (QED) is 0.466. The van der Waals surface area contributed by atoms with E-state index in [-0.39, 0.29) is 12.3 Å². The summed E-state index contributed by atoms with van der Waals surface area (Å²) >= 11 is 5.25. The van der Waals surface area contributed by atoms with Crippen molar-refractivity contribution in [2.45, 2.75) is 6.42 Å². The van der Waals surface area contributed by atoms with Crippen LogP contribution < -0.4 is 4.74 Å². The first-order valence-electron chi connectivity index (χ1n) is 6.18. The Hall–Kier alpha value is -2.40. The van der Waals surface area contributed by atoms with Gasteiger partial charge in [-0.15, -0.1) is 0 Å². The van der Waals surface area contributed by atoms with E-state index in [9.17, 15) is 14.9 Å². The lowest BCUT2D eigenvalue weighted by molar-refractivity contribution is -0.384. The van der Waals surface area contributed by atoms with Crippen molar-refractivity contribution in [3.63, 3.8) is 0 Å². The molecule has 0 aliphatic carbocycles. The van der Waals surface area contributed by atoms with Crippen LogP contribution in [-0.4, -0.2) is 16.8 Å². The van der Waals surface area contributed by atoms with Gasteiger partial charge in [0.15, 0.2) is 6.61 Å². The van der Waals surface area contributed by atoms with Crippen LogP contribution in [0.3, 0.4) is 0 Å². The van der Waals surface area contributed by atoms with Crippen LogP contribution in [-0.2, 0) is 11.2 Å². The van der Waals surface area contributed by atoms with Gasteiger partial charge in [0.05, 0.1) is 4.92 Å². The summed E-state index contributed by atoms with van der Waals surface area (Å²) in [6.45, 7) is -0.277. The molecule has 2 aromatic carbocycles. The second kappa shape index (κ2) is 6.85. The van der Waals surface area contributed by atoms with Gasteiger partial charge in [-0.2, -0.15) is 0 Å². The van der Waals surface area contributed by atoms with Crippen LogP contribution in [0.5, 0.6) is 5.75 Å². The zero-order chi connectivity index (χ0) is 15.2. The van der Waals surface area contributed by atoms with Gasteiger partial charge >= 0.3 is 0 Å². The average Bonchev–Trinajstić information content (AvgIpc) is 2.46. The highest BCUT2D eigenvalue weighted by molar-refractivity contribution is 6.63. The molecule has 0 N–H and O–H groups in total. The molecule has 21 heavy (non-hydrogen) atoms. The monoisotopic (exact) mass is 305 g/mol. The third kappa shape index (κ3) is 4.29. The third-order valence-electron chi connectivity index (χ3n) is 2.83. The number of benzene rings is 2. The van der Waals surface area contributed by atoms with E-state index in [2.05, 4.69) is 0 Å². The topological polar surface area (TPSA) is 69.4 Å². The van der Waals surface area contributed by atoms with E-state index in [4.69, 9.17) is 16.3 Å². The molecule has 2 rings (SSSR count). The molecule has 0 radical (unpaired) electrons. The molecule has 0 aliphatic heterocycles. The number of hydrogen-bond donors (Lipinski definition) is 0. The second-order valence-electron chi connectivity index (χ2n) is 4.36. The van der Waals surface area contributed by atoms with Crippen molar-refractivity contribution in [2.75, 3.05) is 6.61 Å². The Morgan fingerprint density at radius 2 is 1.90 bits per heavy atom. The molecule has 0 spiro atoms. The lowest BCUT2D eigenvalue weighted by Crippen LogP contribution is -2.06. The van der Waals surface area contributed by atoms with E-state index in [0.717, 1.165) is 5.56 Å². The van der Waals surface area contributed by atoms with Gasteiger partial charge in [0.25, 0.3) is 10.9 Å². The fraction of sp³-hybridized carbons (Fsp3) is 0.133. The summed E-state index contributed by atoms with van der Waals surface area (Å²) in [5.41, 5.74) is 1.60. The highest BCUT2D eigenvalue weighted by atomic mass is 35.5. The number of nitro groups is 1. The molecular formula is C15H12ClNO4. The van der Waals surface area contributed by atoms with Crippen molar-refractivity contribution in [1.82, 2.24) is 0 Å². The summed E-state index contributed by atoms with van der Waals surface area (Å²) in [6.07, 6.45) is 0.467. The molecule has 0 fully saturated rings. The molecule has 0 bridgehead atoms. The van der Waals surface area contributed by atoms with Gasteiger partial charge in [-0.3, -0.25) is 14.9 Å². The molecule has 0 aliphatic rings. The molecule has 5 nitrogen and oxygen atoms in total. The number of non-ortho nitro benzene ring substituents is 1. The summed E-state index contributed by atoms with van der Waals surface area (Å²) in [5, 5.41) is 10.2. The molecule has 108 valence electrons. The van der Waals surface area contributed by atoms with Gasteiger partial charge in [-0.1, -0.05) is 30.3 Å². The maximum Gasteiger partial charge on any atom is 0.269 e. The van der Waals surface area contributed by atoms with Crippen molar-refractivity contribution in [3.05, 3.63) is 69.8 Å². The predicted molar refractivity (Wildman–Crippen MR) is 78.7 cm³/mol. The Bertz CT molecular complexity index is 658. The van der Waals surface area contributed by atoms with Crippen LogP contribution in [0, 0.1) is 10.1 Å². The van der Waals surface area contributed by atoms with E-state index < -0.39 is 10.2 Å². The number of nitrogens with zero attached hydrogens (tertiary/aromatic N) is 1. The summed E-state index contributed by atoms with van der Waals surface area (Å²) in [4.78, 5) is 21.2. The lowest BCUT2D eigenvalue weighted by Gasteiger charge is -2.10. The van der Waals surface area contributed by atoms with E-state index in [0.29, 0.717) is 17.7 Å². The van der Waals surface area contributed by atoms with Gasteiger partial charge in [-0.25, -0.2) is 0 Å². The molecule has 0 saturated carbocycles. The molecule has 2 aromatic rings. The van der Waals surface area contributed by atoms with Crippen molar-refractivity contribution in [2.24, 2.45) is 0 Å². The predicted octanol–water partition coefficient (Wildman–Crippen LogP) is 3.33. The van der Waals surface area contributed by atoms with Gasteiger partial charge in [0.2, 0.25) is 0 Å². The summed E-state index contributed by atoms with van der Waals surface area (Å²) in [5.74, 6) is 0.415. The first-order valence-corrected chi connectivity index (χ1v) is 6.56. The van der Waals surface area contributed by atoms with Crippen LogP contribution in [0.25, 0.3) is 0 Å². The Balaban J connectivity index is 2.31. The summed E-state index contributed by atoms with van der Waals surface area (Å²) in [7, 11) is 0. The maximum atomic E-state index is 10.9. The molecule has 0 heterocycles. The maximum absolute atomic E-state index is 10.9. The standard InChI is InChI=1S/C15H12ClNO4/c16-15(18)10-21-14-7-6-13(17(19)20)9-12(14)8-11-4-2-1-3-5-11/h1-7,9H,8,10H2. The van der Waals surface area contributed by atoms with Gasteiger partial charge < -0.3 is 4.74 Å². The minimum atomic E-state index is -0.626. The molecule has 6 heteroatoms. The third-order valence-corrected chi connectivity index (χ3v) is 2.94. The number of nitro benzene ring substituents is 1. The highest BCUT2D eigenvalue weighted by Gasteiger charge is 2.13. The first kappa shape index (κ1) is 15.0. The SMILES string of the molecule is O=C(Cl)COc1ccc([N+](=O)[O-])cc1Cc1ccccc1. The molecular weight excluding hydrogens is 294 g/mol. The number of carbonyl (C=O) groups excluding carboxylic acids is 1. The minimum Gasteiger partial charge on any atom is -0.484 e. The Labute approximate surface area is 126 Å². The molecule has 0 atom stereocenters. The number of halogens is 1. The number of rotatable bonds is 6. The molecule has 0 unspecified atom stereocenters. The second-order valence-corrected chi connectivity index (χ2v) is 4.78. The van der Waals surface area contributed by atoms with Crippen LogP contribution in [0.4, 0.5) is 5.69 Å². The van der Waals surface area contributed by atoms with Crippen LogP contribution in [0.1, 0.15) is 11.1 Å². The molecule has 0 amide bonds. The molecule has 0 aromatic heterocycles. The normalized spacial score (nSPS) is 10.1. The van der Waals surface area contributed by atoms with Crippen LogP contribution in [0.2, 0.25) is 0 Å². The minimum absolute atomic E-state index is 0.0227. The number of carbonyl (C=O) groups is 1.